The lowest BCUT2D eigenvalue weighted by atomic mass is 9.83. The summed E-state index contributed by atoms with van der Waals surface area (Å²) in [6.45, 7) is 7.59. The van der Waals surface area contributed by atoms with Gasteiger partial charge in [-0.3, -0.25) is 0 Å². The molecule has 4 heterocycles. The number of nitrogens with zero attached hydrogens (tertiary/aromatic N) is 7. The highest BCUT2D eigenvalue weighted by molar-refractivity contribution is 5.61. The number of hydrogen-bond donors (Lipinski definition) is 2. The second-order valence-electron chi connectivity index (χ2n) is 8.99. The van der Waals surface area contributed by atoms with Gasteiger partial charge in [-0.25, -0.2) is 9.67 Å². The van der Waals surface area contributed by atoms with Gasteiger partial charge in [0, 0.05) is 30.0 Å². The van der Waals surface area contributed by atoms with Gasteiger partial charge in [0.15, 0.2) is 0 Å². The molecule has 0 aliphatic carbocycles. The Kier molecular flexibility index (Phi) is 5.98. The Labute approximate surface area is 188 Å². The first-order valence-corrected chi connectivity index (χ1v) is 11.6. The molecule has 0 bridgehead atoms. The van der Waals surface area contributed by atoms with E-state index in [-0.39, 0.29) is 0 Å². The molecule has 2 N–H and O–H groups in total. The van der Waals surface area contributed by atoms with Gasteiger partial charge in [-0.1, -0.05) is 12.5 Å². The van der Waals surface area contributed by atoms with Crippen molar-refractivity contribution in [2.75, 3.05) is 30.3 Å². The molecule has 2 atom stereocenters. The molecule has 0 amide bonds. The average molecular weight is 434 g/mol. The van der Waals surface area contributed by atoms with Gasteiger partial charge < -0.3 is 15.5 Å². The highest BCUT2D eigenvalue weighted by Crippen LogP contribution is 2.31. The van der Waals surface area contributed by atoms with Crippen molar-refractivity contribution in [3.8, 4) is 5.69 Å². The van der Waals surface area contributed by atoms with Crippen molar-refractivity contribution >= 4 is 17.5 Å². The highest BCUT2D eigenvalue weighted by atomic mass is 15.5. The van der Waals surface area contributed by atoms with Gasteiger partial charge in [-0.2, -0.15) is 4.98 Å². The fourth-order valence-corrected chi connectivity index (χ4v) is 5.06. The van der Waals surface area contributed by atoms with Crippen LogP contribution in [0.25, 0.3) is 5.69 Å². The molecule has 3 aromatic rings. The topological polar surface area (TPSA) is 96.7 Å². The number of aryl methyl sites for hydroxylation is 2. The minimum absolute atomic E-state index is 0.576. The van der Waals surface area contributed by atoms with E-state index < -0.39 is 0 Å². The molecule has 0 unspecified atom stereocenters. The van der Waals surface area contributed by atoms with Crippen LogP contribution in [-0.4, -0.2) is 60.8 Å². The van der Waals surface area contributed by atoms with E-state index in [4.69, 9.17) is 4.98 Å². The third-order valence-electron chi connectivity index (χ3n) is 6.79. The molecule has 9 heteroatoms. The van der Waals surface area contributed by atoms with Gasteiger partial charge in [0.1, 0.15) is 12.1 Å². The molecule has 0 spiro atoms. The minimum Gasteiger partial charge on any atom is -0.369 e. The predicted octanol–water partition coefficient (Wildman–Crippen LogP) is 3.49. The summed E-state index contributed by atoms with van der Waals surface area (Å²) in [5.41, 5.74) is 3.95. The van der Waals surface area contributed by atoms with Gasteiger partial charge in [-0.05, 0) is 86.7 Å². The van der Waals surface area contributed by atoms with Crippen LogP contribution in [0.5, 0.6) is 0 Å². The summed E-state index contributed by atoms with van der Waals surface area (Å²) in [5.74, 6) is 2.17. The average Bonchev–Trinajstić information content (AvgIpc) is 3.35. The molecule has 0 radical (unpaired) electrons. The molecule has 2 aliphatic rings. The van der Waals surface area contributed by atoms with E-state index in [9.17, 15) is 0 Å². The Morgan fingerprint density at radius 1 is 1.06 bits per heavy atom. The summed E-state index contributed by atoms with van der Waals surface area (Å²) >= 11 is 0. The van der Waals surface area contributed by atoms with E-state index in [1.54, 1.807) is 11.0 Å². The zero-order valence-corrected chi connectivity index (χ0v) is 18.8. The molecule has 5 rings (SSSR count). The largest absolute Gasteiger partial charge is 0.369 e. The Bertz CT molecular complexity index is 1050. The smallest absolute Gasteiger partial charge is 0.229 e. The minimum atomic E-state index is 0.576. The monoisotopic (exact) mass is 433 g/mol. The number of nitrogens with one attached hydrogen (secondary N) is 2. The second-order valence-corrected chi connectivity index (χ2v) is 8.99. The molecule has 1 aromatic carbocycles. The van der Waals surface area contributed by atoms with Crippen LogP contribution in [0.15, 0.2) is 30.7 Å². The first-order chi connectivity index (χ1) is 15.7. The number of tetrazole rings is 1. The van der Waals surface area contributed by atoms with Crippen LogP contribution in [0, 0.1) is 19.8 Å². The third kappa shape index (κ3) is 4.43. The fraction of sp³-hybridized carbons (Fsp3) is 0.522. The third-order valence-corrected chi connectivity index (χ3v) is 6.79. The predicted molar refractivity (Wildman–Crippen MR) is 124 cm³/mol. The molecule has 168 valence electrons. The Balaban J connectivity index is 1.28. The number of rotatable bonds is 6. The molecule has 0 saturated carbocycles. The Hall–Kier alpha value is -3.07. The van der Waals surface area contributed by atoms with Crippen LogP contribution in [0.1, 0.15) is 43.2 Å². The molecule has 2 aliphatic heterocycles. The second kappa shape index (κ2) is 9.20. The Morgan fingerprint density at radius 2 is 1.97 bits per heavy atom. The molecule has 2 fully saturated rings. The maximum absolute atomic E-state index is 4.78. The lowest BCUT2D eigenvalue weighted by Crippen LogP contribution is -2.49. The van der Waals surface area contributed by atoms with Crippen molar-refractivity contribution in [3.63, 3.8) is 0 Å². The van der Waals surface area contributed by atoms with E-state index in [1.165, 1.54) is 45.2 Å². The van der Waals surface area contributed by atoms with Crippen molar-refractivity contribution in [2.45, 2.75) is 52.0 Å². The molecule has 9 nitrogen and oxygen atoms in total. The molecular formula is C23H31N9. The van der Waals surface area contributed by atoms with Crippen molar-refractivity contribution in [3.05, 3.63) is 41.9 Å². The summed E-state index contributed by atoms with van der Waals surface area (Å²) in [4.78, 5) is 12.0. The quantitative estimate of drug-likeness (QED) is 0.610. The number of hydrogen-bond acceptors (Lipinski definition) is 8. The van der Waals surface area contributed by atoms with Crippen LogP contribution in [-0.2, 0) is 0 Å². The number of fused-ring (bicyclic) bond motifs is 1. The van der Waals surface area contributed by atoms with Crippen molar-refractivity contribution < 1.29 is 0 Å². The first-order valence-electron chi connectivity index (χ1n) is 11.6. The fourth-order valence-electron chi connectivity index (χ4n) is 5.06. The molecular weight excluding hydrogens is 402 g/mol. The number of anilines is 3. The molecule has 2 saturated heterocycles. The summed E-state index contributed by atoms with van der Waals surface area (Å²) < 4.78 is 1.65. The van der Waals surface area contributed by atoms with E-state index in [2.05, 4.69) is 43.0 Å². The zero-order valence-electron chi connectivity index (χ0n) is 18.8. The van der Waals surface area contributed by atoms with Crippen LogP contribution >= 0.6 is 0 Å². The van der Waals surface area contributed by atoms with Gasteiger partial charge in [-0.15, -0.1) is 5.10 Å². The van der Waals surface area contributed by atoms with Crippen LogP contribution in [0.3, 0.4) is 0 Å². The van der Waals surface area contributed by atoms with Crippen molar-refractivity contribution in [1.82, 2.24) is 35.1 Å². The summed E-state index contributed by atoms with van der Waals surface area (Å²) in [5, 5.41) is 18.4. The first kappa shape index (κ1) is 20.8. The lowest BCUT2D eigenvalue weighted by Gasteiger charge is -2.44. The highest BCUT2D eigenvalue weighted by Gasteiger charge is 2.32. The summed E-state index contributed by atoms with van der Waals surface area (Å²) in [6.07, 6.45) is 10.1. The SMILES string of the molecule is Cc1ccc(Nc2ncc(C)c(NC[C@@H]3CCCN4CCCC[C@H]34)n2)cc1-n1cnnn1. The van der Waals surface area contributed by atoms with E-state index in [0.29, 0.717) is 11.9 Å². The number of aromatic nitrogens is 6. The van der Waals surface area contributed by atoms with Crippen molar-refractivity contribution in [1.29, 1.82) is 0 Å². The van der Waals surface area contributed by atoms with E-state index >= 15 is 0 Å². The summed E-state index contributed by atoms with van der Waals surface area (Å²) in [7, 11) is 0. The van der Waals surface area contributed by atoms with Gasteiger partial charge >= 0.3 is 0 Å². The maximum atomic E-state index is 4.78. The van der Waals surface area contributed by atoms with Gasteiger partial charge in [0.05, 0.1) is 5.69 Å². The molecule has 32 heavy (non-hydrogen) atoms. The Morgan fingerprint density at radius 3 is 2.84 bits per heavy atom. The van der Waals surface area contributed by atoms with Crippen molar-refractivity contribution in [2.24, 2.45) is 5.92 Å². The van der Waals surface area contributed by atoms with E-state index in [1.807, 2.05) is 31.3 Å². The van der Waals surface area contributed by atoms with Crippen LogP contribution in [0.4, 0.5) is 17.5 Å². The lowest BCUT2D eigenvalue weighted by molar-refractivity contribution is 0.0649. The number of piperidine rings is 2. The number of benzene rings is 1. The van der Waals surface area contributed by atoms with Crippen LogP contribution in [0.2, 0.25) is 0 Å². The van der Waals surface area contributed by atoms with Crippen LogP contribution < -0.4 is 10.6 Å². The summed E-state index contributed by atoms with van der Waals surface area (Å²) in [6, 6.07) is 6.77. The van der Waals surface area contributed by atoms with Gasteiger partial charge in [0.25, 0.3) is 0 Å². The maximum Gasteiger partial charge on any atom is 0.229 e. The van der Waals surface area contributed by atoms with Gasteiger partial charge in [0.2, 0.25) is 5.95 Å². The van der Waals surface area contributed by atoms with E-state index in [0.717, 1.165) is 40.9 Å². The standard InChI is InChI=1S/C23H31N9/c1-16-8-9-19(12-21(16)32-15-26-29-30-32)27-23-25-13-17(2)22(28-23)24-14-18-6-5-11-31-10-4-3-7-20(18)31/h8-9,12-13,15,18,20H,3-7,10-11,14H2,1-2H3,(H2,24,25,27,28)/t18-,20+/m0/s1. The molecule has 2 aromatic heterocycles. The zero-order chi connectivity index (χ0) is 21.9. The normalized spacial score (nSPS) is 21.2.